The maximum absolute atomic E-state index is 12.9. The zero-order valence-corrected chi connectivity index (χ0v) is 19.5. The summed E-state index contributed by atoms with van der Waals surface area (Å²) in [6, 6.07) is 12.0. The summed E-state index contributed by atoms with van der Waals surface area (Å²) in [5.74, 6) is 1.87. The van der Waals surface area contributed by atoms with Crippen molar-refractivity contribution < 1.29 is 14.3 Å². The topological polar surface area (TPSA) is 54.4 Å². The van der Waals surface area contributed by atoms with Gasteiger partial charge in [0.2, 0.25) is 5.91 Å². The normalized spacial score (nSPS) is 15.6. The first-order valence-corrected chi connectivity index (χ1v) is 11.5. The number of para-hydroxylation sites is 1. The van der Waals surface area contributed by atoms with Gasteiger partial charge in [0, 0.05) is 13.1 Å². The zero-order valence-electron chi connectivity index (χ0n) is 17.9. The van der Waals surface area contributed by atoms with Gasteiger partial charge in [-0.2, -0.15) is 5.10 Å². The molecule has 31 heavy (non-hydrogen) atoms. The van der Waals surface area contributed by atoms with Gasteiger partial charge in [0.15, 0.2) is 11.5 Å². The van der Waals surface area contributed by atoms with Crippen molar-refractivity contribution in [3.05, 3.63) is 53.1 Å². The van der Waals surface area contributed by atoms with Gasteiger partial charge in [-0.05, 0) is 48.2 Å². The Kier molecular flexibility index (Phi) is 6.48. The molecule has 2 aliphatic heterocycles. The molecule has 6 nitrogen and oxygen atoms in total. The average Bonchev–Trinajstić information content (AvgIpc) is 3.16. The van der Waals surface area contributed by atoms with Gasteiger partial charge in [-0.3, -0.25) is 4.79 Å². The Morgan fingerprint density at radius 3 is 2.58 bits per heavy atom. The van der Waals surface area contributed by atoms with Crippen LogP contribution in [0.25, 0.3) is 0 Å². The van der Waals surface area contributed by atoms with Crippen molar-refractivity contribution in [3.8, 4) is 11.5 Å². The fraction of sp³-hybridized carbons (Fsp3) is 0.348. The minimum absolute atomic E-state index is 0.105. The second-order valence-corrected chi connectivity index (χ2v) is 9.01. The van der Waals surface area contributed by atoms with Gasteiger partial charge in [0.1, 0.15) is 10.0 Å². The molecule has 0 saturated carbocycles. The molecule has 2 aromatic carbocycles. The number of aryl methyl sites for hydroxylation is 1. The first kappa shape index (κ1) is 21.6. The van der Waals surface area contributed by atoms with Crippen LogP contribution >= 0.6 is 24.0 Å². The molecule has 2 aromatic rings. The number of benzene rings is 2. The van der Waals surface area contributed by atoms with Crippen LogP contribution in [-0.4, -0.2) is 47.4 Å². The number of amides is 1. The van der Waals surface area contributed by atoms with Crippen LogP contribution in [0.4, 0.5) is 5.69 Å². The van der Waals surface area contributed by atoms with Gasteiger partial charge >= 0.3 is 0 Å². The van der Waals surface area contributed by atoms with Crippen molar-refractivity contribution in [2.45, 2.75) is 26.3 Å². The molecular weight excluding hydrogens is 430 g/mol. The Morgan fingerprint density at radius 1 is 1.16 bits per heavy atom. The highest BCUT2D eigenvalue weighted by Gasteiger charge is 2.26. The fourth-order valence-electron chi connectivity index (χ4n) is 3.81. The fourth-order valence-corrected chi connectivity index (χ4v) is 5.03. The van der Waals surface area contributed by atoms with Crippen LogP contribution in [0.3, 0.4) is 0 Å². The lowest BCUT2D eigenvalue weighted by Crippen LogP contribution is -2.37. The molecule has 4 rings (SSSR count). The summed E-state index contributed by atoms with van der Waals surface area (Å²) in [4.78, 5) is 15.5. The lowest BCUT2D eigenvalue weighted by Gasteiger charge is -2.29. The van der Waals surface area contributed by atoms with E-state index in [4.69, 9.17) is 21.7 Å². The van der Waals surface area contributed by atoms with Crippen LogP contribution in [0.1, 0.15) is 23.1 Å². The molecule has 0 bridgehead atoms. The number of hydrogen-bond acceptors (Lipinski definition) is 6. The summed E-state index contributed by atoms with van der Waals surface area (Å²) < 4.78 is 10.8. The third-order valence-electron chi connectivity index (χ3n) is 5.53. The number of carbonyl (C=O) groups excluding carboxylic acids is 1. The third kappa shape index (κ3) is 4.55. The standard InChI is InChI=1S/C23H25N3O3S2/c1-15-6-4-5-7-18(15)26-23(30)12-21(24-26)31-14-22(27)25-9-8-16-10-19(28-2)20(29-3)11-17(16)13-25/h4-7,10-11H,8-9,12-14H2,1-3H3. The van der Waals surface area contributed by atoms with Crippen molar-refractivity contribution in [1.82, 2.24) is 4.90 Å². The highest BCUT2D eigenvalue weighted by Crippen LogP contribution is 2.33. The van der Waals surface area contributed by atoms with Gasteiger partial charge in [0.05, 0.1) is 32.1 Å². The summed E-state index contributed by atoms with van der Waals surface area (Å²) in [6.07, 6.45) is 1.40. The predicted molar refractivity (Wildman–Crippen MR) is 129 cm³/mol. The van der Waals surface area contributed by atoms with Crippen molar-refractivity contribution >= 4 is 45.6 Å². The zero-order chi connectivity index (χ0) is 22.0. The van der Waals surface area contributed by atoms with E-state index in [1.54, 1.807) is 14.2 Å². The average molecular weight is 456 g/mol. The van der Waals surface area contributed by atoms with E-state index >= 15 is 0 Å². The molecule has 2 aliphatic rings. The van der Waals surface area contributed by atoms with E-state index in [9.17, 15) is 4.79 Å². The minimum Gasteiger partial charge on any atom is -0.493 e. The van der Waals surface area contributed by atoms with E-state index in [0.29, 0.717) is 31.0 Å². The molecular formula is C23H25N3O3S2. The van der Waals surface area contributed by atoms with Crippen LogP contribution < -0.4 is 14.5 Å². The van der Waals surface area contributed by atoms with E-state index in [-0.39, 0.29) is 5.91 Å². The molecule has 1 amide bonds. The van der Waals surface area contributed by atoms with Crippen LogP contribution in [0.15, 0.2) is 41.5 Å². The third-order valence-corrected chi connectivity index (χ3v) is 6.79. The van der Waals surface area contributed by atoms with Crippen LogP contribution in [0.5, 0.6) is 11.5 Å². The monoisotopic (exact) mass is 455 g/mol. The second-order valence-electron chi connectivity index (χ2n) is 7.49. The van der Waals surface area contributed by atoms with E-state index in [0.717, 1.165) is 39.0 Å². The molecule has 0 aromatic heterocycles. The number of thiocarbonyl (C=S) groups is 1. The molecule has 162 valence electrons. The number of ether oxygens (including phenoxy) is 2. The number of hydrogen-bond donors (Lipinski definition) is 0. The van der Waals surface area contributed by atoms with Gasteiger partial charge in [-0.15, -0.1) is 0 Å². The van der Waals surface area contributed by atoms with Crippen LogP contribution in [0.2, 0.25) is 0 Å². The first-order valence-electron chi connectivity index (χ1n) is 10.1. The largest absolute Gasteiger partial charge is 0.493 e. The molecule has 0 aliphatic carbocycles. The molecule has 0 atom stereocenters. The molecule has 0 saturated heterocycles. The molecule has 8 heteroatoms. The van der Waals surface area contributed by atoms with E-state index in [1.165, 1.54) is 17.3 Å². The number of thioether (sulfide) groups is 1. The molecule has 0 fully saturated rings. The maximum Gasteiger partial charge on any atom is 0.233 e. The van der Waals surface area contributed by atoms with Crippen molar-refractivity contribution in [3.63, 3.8) is 0 Å². The van der Waals surface area contributed by atoms with Gasteiger partial charge in [-0.25, -0.2) is 5.01 Å². The minimum atomic E-state index is 0.105. The molecule has 0 spiro atoms. The molecule has 2 heterocycles. The van der Waals surface area contributed by atoms with Crippen LogP contribution in [-0.2, 0) is 17.8 Å². The van der Waals surface area contributed by atoms with E-state index in [2.05, 4.69) is 5.10 Å². The van der Waals surface area contributed by atoms with Crippen molar-refractivity contribution in [2.24, 2.45) is 5.10 Å². The number of anilines is 1. The Labute approximate surface area is 192 Å². The number of hydrazone groups is 1. The summed E-state index contributed by atoms with van der Waals surface area (Å²) >= 11 is 7.01. The highest BCUT2D eigenvalue weighted by atomic mass is 32.2. The van der Waals surface area contributed by atoms with E-state index < -0.39 is 0 Å². The molecule has 0 unspecified atom stereocenters. The van der Waals surface area contributed by atoms with E-state index in [1.807, 2.05) is 53.2 Å². The van der Waals surface area contributed by atoms with Crippen molar-refractivity contribution in [2.75, 3.05) is 31.5 Å². The maximum atomic E-state index is 12.9. The lowest BCUT2D eigenvalue weighted by atomic mass is 9.99. The van der Waals surface area contributed by atoms with Gasteiger partial charge in [0.25, 0.3) is 0 Å². The summed E-state index contributed by atoms with van der Waals surface area (Å²) in [6.45, 7) is 3.32. The first-order chi connectivity index (χ1) is 15.0. The number of fused-ring (bicyclic) bond motifs is 1. The van der Waals surface area contributed by atoms with Crippen LogP contribution in [0, 0.1) is 6.92 Å². The number of nitrogens with zero attached hydrogens (tertiary/aromatic N) is 3. The summed E-state index contributed by atoms with van der Waals surface area (Å²) in [5.41, 5.74) is 4.42. The smallest absolute Gasteiger partial charge is 0.233 e. The summed E-state index contributed by atoms with van der Waals surface area (Å²) in [7, 11) is 3.26. The molecule has 0 radical (unpaired) electrons. The van der Waals surface area contributed by atoms with Gasteiger partial charge < -0.3 is 14.4 Å². The predicted octanol–water partition coefficient (Wildman–Crippen LogP) is 4.18. The Hall–Kier alpha value is -2.58. The van der Waals surface area contributed by atoms with Crippen molar-refractivity contribution in [1.29, 1.82) is 0 Å². The highest BCUT2D eigenvalue weighted by molar-refractivity contribution is 8.14. The lowest BCUT2D eigenvalue weighted by molar-refractivity contribution is -0.129. The second kappa shape index (κ2) is 9.28. The quantitative estimate of drug-likeness (QED) is 0.631. The Bertz CT molecular complexity index is 1050. The Balaban J connectivity index is 1.39. The number of carbonyl (C=O) groups is 1. The number of rotatable bonds is 5. The van der Waals surface area contributed by atoms with Gasteiger partial charge in [-0.1, -0.05) is 42.2 Å². The molecule has 0 N–H and O–H groups in total. The SMILES string of the molecule is COc1cc2c(cc1OC)CN(C(=O)CSC1=NN(c3ccccc3C)C(=S)C1)CC2. The Morgan fingerprint density at radius 2 is 1.87 bits per heavy atom. The number of methoxy groups -OCH3 is 2. The summed E-state index contributed by atoms with van der Waals surface area (Å²) in [5, 5.41) is 7.36.